The van der Waals surface area contributed by atoms with Crippen LogP contribution in [0.5, 0.6) is 17.2 Å². The molecule has 0 saturated heterocycles. The smallest absolute Gasteiger partial charge is 0.457 e. The Morgan fingerprint density at radius 2 is 1.76 bits per heavy atom. The summed E-state index contributed by atoms with van der Waals surface area (Å²) in [5, 5.41) is 6.94. The van der Waals surface area contributed by atoms with Crippen molar-refractivity contribution in [3.05, 3.63) is 71.5 Å². The van der Waals surface area contributed by atoms with Crippen LogP contribution in [0.4, 0.5) is 13.2 Å². The van der Waals surface area contributed by atoms with Gasteiger partial charge in [0.1, 0.15) is 22.9 Å². The minimum atomic E-state index is -4.77. The number of carbonyl (C=O) groups is 1. The van der Waals surface area contributed by atoms with Gasteiger partial charge in [0.2, 0.25) is 0 Å². The van der Waals surface area contributed by atoms with Crippen molar-refractivity contribution in [2.45, 2.75) is 19.8 Å². The number of alkyl halides is 3. The molecule has 1 N–H and O–H groups in total. The van der Waals surface area contributed by atoms with Crippen molar-refractivity contribution in [2.75, 3.05) is 0 Å². The summed E-state index contributed by atoms with van der Waals surface area (Å²) in [7, 11) is 1.70. The molecule has 0 atom stereocenters. The van der Waals surface area contributed by atoms with Gasteiger partial charge >= 0.3 is 6.36 Å². The van der Waals surface area contributed by atoms with Crippen LogP contribution < -0.4 is 14.8 Å². The number of aryl methyl sites for hydroxylation is 2. The van der Waals surface area contributed by atoms with Crippen molar-refractivity contribution in [1.82, 2.24) is 15.1 Å². The molecule has 0 aliphatic heterocycles. The molecule has 1 heterocycles. The van der Waals surface area contributed by atoms with Crippen molar-refractivity contribution < 1.29 is 27.4 Å². The summed E-state index contributed by atoms with van der Waals surface area (Å²) < 4.78 is 47.9. The number of nitrogens with one attached hydrogen (secondary N) is 1. The number of halogens is 3. The molecule has 0 fully saturated rings. The van der Waals surface area contributed by atoms with Crippen molar-refractivity contribution >= 4 is 5.91 Å². The van der Waals surface area contributed by atoms with Crippen molar-refractivity contribution in [2.24, 2.45) is 7.05 Å². The highest BCUT2D eigenvalue weighted by atomic mass is 19.4. The third-order valence-corrected chi connectivity index (χ3v) is 3.89. The quantitative estimate of drug-likeness (QED) is 0.662. The normalized spacial score (nSPS) is 11.2. The minimum Gasteiger partial charge on any atom is -0.457 e. The molecule has 6 nitrogen and oxygen atoms in total. The van der Waals surface area contributed by atoms with Crippen LogP contribution in [0.25, 0.3) is 0 Å². The number of nitrogens with zero attached hydrogens (tertiary/aromatic N) is 2. The van der Waals surface area contributed by atoms with Crippen LogP contribution in [0.3, 0.4) is 0 Å². The maximum atomic E-state index is 12.3. The van der Waals surface area contributed by atoms with Gasteiger partial charge in [0.25, 0.3) is 5.91 Å². The van der Waals surface area contributed by atoms with Gasteiger partial charge < -0.3 is 14.8 Å². The van der Waals surface area contributed by atoms with Gasteiger partial charge in [0.15, 0.2) is 0 Å². The molecular formula is C20H18F3N3O3. The van der Waals surface area contributed by atoms with Crippen LogP contribution >= 0.6 is 0 Å². The maximum Gasteiger partial charge on any atom is 0.573 e. The molecule has 9 heteroatoms. The van der Waals surface area contributed by atoms with Gasteiger partial charge in [0, 0.05) is 19.7 Å². The summed E-state index contributed by atoms with van der Waals surface area (Å²) in [5.74, 6) is 0.0421. The third kappa shape index (κ3) is 5.74. The van der Waals surface area contributed by atoms with Gasteiger partial charge in [-0.15, -0.1) is 13.2 Å². The fourth-order valence-corrected chi connectivity index (χ4v) is 2.64. The van der Waals surface area contributed by atoms with E-state index in [2.05, 4.69) is 15.2 Å². The molecule has 29 heavy (non-hydrogen) atoms. The number of aromatic nitrogens is 2. The second-order valence-corrected chi connectivity index (χ2v) is 6.25. The molecule has 0 radical (unpaired) electrons. The number of rotatable bonds is 6. The van der Waals surface area contributed by atoms with Gasteiger partial charge in [-0.25, -0.2) is 0 Å². The Kier molecular flexibility index (Phi) is 5.76. The average molecular weight is 405 g/mol. The Labute approximate surface area is 164 Å². The summed E-state index contributed by atoms with van der Waals surface area (Å²) in [6, 6.07) is 13.8. The summed E-state index contributed by atoms with van der Waals surface area (Å²) in [6.07, 6.45) is -4.77. The van der Waals surface area contributed by atoms with Gasteiger partial charge in [-0.05, 0) is 42.8 Å². The van der Waals surface area contributed by atoms with Gasteiger partial charge in [-0.2, -0.15) is 5.10 Å². The third-order valence-electron chi connectivity index (χ3n) is 3.89. The first-order valence-electron chi connectivity index (χ1n) is 8.61. The lowest BCUT2D eigenvalue weighted by atomic mass is 10.2. The fraction of sp³-hybridized carbons (Fsp3) is 0.200. The van der Waals surface area contributed by atoms with E-state index >= 15 is 0 Å². The van der Waals surface area contributed by atoms with E-state index in [1.165, 1.54) is 22.9 Å². The van der Waals surface area contributed by atoms with Gasteiger partial charge in [-0.1, -0.05) is 18.2 Å². The lowest BCUT2D eigenvalue weighted by Gasteiger charge is -2.11. The SMILES string of the molecule is Cc1cc(C(=O)NCc2ccc(Oc3cccc(OC(F)(F)F)c3)cc2)n(C)n1. The predicted octanol–water partition coefficient (Wildman–Crippen LogP) is 4.35. The number of carbonyl (C=O) groups excluding carboxylic acids is 1. The maximum absolute atomic E-state index is 12.3. The van der Waals surface area contributed by atoms with Crippen molar-refractivity contribution in [3.8, 4) is 17.2 Å². The first-order valence-corrected chi connectivity index (χ1v) is 8.61. The molecule has 3 aromatic rings. The average Bonchev–Trinajstić information content (AvgIpc) is 2.98. The van der Waals surface area contributed by atoms with E-state index in [1.807, 2.05) is 0 Å². The van der Waals surface area contributed by atoms with Crippen LogP contribution in [0, 0.1) is 6.92 Å². The molecular weight excluding hydrogens is 387 g/mol. The largest absolute Gasteiger partial charge is 0.573 e. The molecule has 1 aromatic heterocycles. The Morgan fingerprint density at radius 1 is 1.07 bits per heavy atom. The molecule has 0 aliphatic carbocycles. The highest BCUT2D eigenvalue weighted by Crippen LogP contribution is 2.28. The number of hydrogen-bond donors (Lipinski definition) is 1. The fourth-order valence-electron chi connectivity index (χ4n) is 2.64. The highest BCUT2D eigenvalue weighted by Gasteiger charge is 2.31. The van der Waals surface area contributed by atoms with Crippen molar-refractivity contribution in [3.63, 3.8) is 0 Å². The molecule has 0 unspecified atom stereocenters. The molecule has 0 spiro atoms. The first-order chi connectivity index (χ1) is 13.7. The Hall–Kier alpha value is -3.49. The number of amides is 1. The first kappa shape index (κ1) is 20.2. The monoisotopic (exact) mass is 405 g/mol. The van der Waals surface area contributed by atoms with Gasteiger partial charge in [-0.3, -0.25) is 9.48 Å². The van der Waals surface area contributed by atoms with E-state index in [0.29, 0.717) is 18.0 Å². The summed E-state index contributed by atoms with van der Waals surface area (Å²) >= 11 is 0. The van der Waals surface area contributed by atoms with Crippen molar-refractivity contribution in [1.29, 1.82) is 0 Å². The number of hydrogen-bond acceptors (Lipinski definition) is 4. The molecule has 0 bridgehead atoms. The van der Waals surface area contributed by atoms with Gasteiger partial charge in [0.05, 0.1) is 5.69 Å². The van der Waals surface area contributed by atoms with Crippen LogP contribution in [0.2, 0.25) is 0 Å². The number of ether oxygens (including phenoxy) is 2. The van der Waals surface area contributed by atoms with Crippen LogP contribution in [0.15, 0.2) is 54.6 Å². The molecule has 0 aliphatic rings. The minimum absolute atomic E-state index is 0.208. The zero-order chi connectivity index (χ0) is 21.0. The van der Waals surface area contributed by atoms with E-state index in [9.17, 15) is 18.0 Å². The second kappa shape index (κ2) is 8.26. The molecule has 3 rings (SSSR count). The Morgan fingerprint density at radius 3 is 2.38 bits per heavy atom. The Bertz CT molecular complexity index is 998. The molecule has 152 valence electrons. The molecule has 0 saturated carbocycles. The van der Waals surface area contributed by atoms with Crippen LogP contribution in [0.1, 0.15) is 21.7 Å². The van der Waals surface area contributed by atoms with Crippen LogP contribution in [-0.2, 0) is 13.6 Å². The van der Waals surface area contributed by atoms with E-state index in [-0.39, 0.29) is 17.4 Å². The summed E-state index contributed by atoms with van der Waals surface area (Å²) in [4.78, 5) is 12.2. The predicted molar refractivity (Wildman–Crippen MR) is 98.8 cm³/mol. The lowest BCUT2D eigenvalue weighted by Crippen LogP contribution is -2.25. The molecule has 2 aromatic carbocycles. The zero-order valence-electron chi connectivity index (χ0n) is 15.7. The number of benzene rings is 2. The van der Waals surface area contributed by atoms with Crippen LogP contribution in [-0.4, -0.2) is 22.1 Å². The van der Waals surface area contributed by atoms with E-state index < -0.39 is 6.36 Å². The summed E-state index contributed by atoms with van der Waals surface area (Å²) in [5.41, 5.74) is 2.05. The highest BCUT2D eigenvalue weighted by molar-refractivity contribution is 5.92. The zero-order valence-corrected chi connectivity index (χ0v) is 15.7. The molecule has 1 amide bonds. The standard InChI is InChI=1S/C20H18F3N3O3/c1-13-10-18(26(2)25-13)19(27)24-12-14-6-8-15(9-7-14)28-16-4-3-5-17(11-16)29-20(21,22)23/h3-11H,12H2,1-2H3,(H,24,27). The van der Waals surface area contributed by atoms with E-state index in [4.69, 9.17) is 4.74 Å². The lowest BCUT2D eigenvalue weighted by molar-refractivity contribution is -0.274. The Balaban J connectivity index is 1.58. The van der Waals surface area contributed by atoms with E-state index in [1.54, 1.807) is 44.3 Å². The summed E-state index contributed by atoms with van der Waals surface area (Å²) in [6.45, 7) is 2.11. The topological polar surface area (TPSA) is 65.4 Å². The van der Waals surface area contributed by atoms with E-state index in [0.717, 1.165) is 17.3 Å². The second-order valence-electron chi connectivity index (χ2n) is 6.25.